The first-order valence-corrected chi connectivity index (χ1v) is 15.4. The number of H-pyrrole nitrogens is 1. The van der Waals surface area contributed by atoms with Gasteiger partial charge in [0.15, 0.2) is 35.3 Å². The van der Waals surface area contributed by atoms with Gasteiger partial charge in [0.25, 0.3) is 5.56 Å². The van der Waals surface area contributed by atoms with Crippen molar-refractivity contribution in [3.63, 3.8) is 0 Å². The van der Waals surface area contributed by atoms with Crippen LogP contribution in [0.2, 0.25) is 0 Å². The lowest BCUT2D eigenvalue weighted by atomic mass is 9.99. The van der Waals surface area contributed by atoms with Crippen LogP contribution in [0.4, 0.5) is 20.5 Å². The van der Waals surface area contributed by atoms with Crippen LogP contribution in [0.5, 0.6) is 0 Å². The van der Waals surface area contributed by atoms with E-state index in [1.54, 1.807) is 0 Å². The first kappa shape index (κ1) is 28.9. The van der Waals surface area contributed by atoms with E-state index in [4.69, 9.17) is 37.3 Å². The van der Waals surface area contributed by atoms with Crippen LogP contribution in [-0.2, 0) is 25.8 Å². The molecule has 0 spiro atoms. The van der Waals surface area contributed by atoms with E-state index >= 15 is 4.39 Å². The Labute approximate surface area is 239 Å². The lowest BCUT2D eigenvalue weighted by molar-refractivity contribution is -0.0324. The number of fused-ring (bicyclic) bond motifs is 2. The number of anilines is 2. The number of aliphatic hydroxyl groups excluding tert-OH is 1. The van der Waals surface area contributed by atoms with E-state index in [2.05, 4.69) is 24.9 Å². The number of hydrogen-bond acceptors (Lipinski definition) is 13. The van der Waals surface area contributed by atoms with Crippen LogP contribution in [0.1, 0.15) is 25.3 Å². The molecule has 4 aromatic rings. The molecule has 2 fully saturated rings. The molecular weight excluding hydrogens is 603 g/mol. The minimum absolute atomic E-state index is 0.00788. The van der Waals surface area contributed by atoms with E-state index in [1.165, 1.54) is 15.5 Å². The SMILES string of the molecule is Nc1nc2c(ncn2[C@@H]2OC(CO)[C@@H](F)[C@H]2P(O)(=S)OCC[C@]2(O)CO[C@@H](n3cc(F)c4c(N)ncnc43)C2)c(=O)[nH]1. The molecule has 7 atom stereocenters. The smallest absolute Gasteiger partial charge is 0.280 e. The molecule has 0 aliphatic carbocycles. The maximum atomic E-state index is 15.5. The normalized spacial score (nSPS) is 29.5. The fourth-order valence-corrected chi connectivity index (χ4v) is 7.84. The van der Waals surface area contributed by atoms with Gasteiger partial charge in [-0.2, -0.15) is 4.98 Å². The van der Waals surface area contributed by atoms with Gasteiger partial charge in [-0.1, -0.05) is 0 Å². The van der Waals surface area contributed by atoms with Gasteiger partial charge in [0, 0.05) is 19.0 Å². The highest BCUT2D eigenvalue weighted by atomic mass is 32.5. The van der Waals surface area contributed by atoms with Gasteiger partial charge in [-0.3, -0.25) is 14.3 Å². The fraction of sp³-hybridized carbons (Fsp3) is 0.500. The molecule has 6 rings (SSSR count). The Balaban J connectivity index is 1.18. The first-order chi connectivity index (χ1) is 19.9. The molecule has 0 amide bonds. The number of ether oxygens (including phenoxy) is 2. The highest BCUT2D eigenvalue weighted by Crippen LogP contribution is 2.58. The summed E-state index contributed by atoms with van der Waals surface area (Å²) in [4.78, 5) is 41.7. The van der Waals surface area contributed by atoms with Crippen LogP contribution < -0.4 is 17.0 Å². The van der Waals surface area contributed by atoms with E-state index in [1.807, 2.05) is 0 Å². The van der Waals surface area contributed by atoms with Crippen LogP contribution in [0.25, 0.3) is 22.2 Å². The number of imidazole rings is 1. The molecule has 20 heteroatoms. The molecule has 6 heterocycles. The summed E-state index contributed by atoms with van der Waals surface area (Å²) in [5, 5.41) is 20.9. The van der Waals surface area contributed by atoms with Crippen LogP contribution in [0.3, 0.4) is 0 Å². The number of hydrogen-bond donors (Lipinski definition) is 6. The summed E-state index contributed by atoms with van der Waals surface area (Å²) in [6, 6.07) is 0. The molecule has 42 heavy (non-hydrogen) atoms. The number of nitrogens with zero attached hydrogens (tertiary/aromatic N) is 6. The average Bonchev–Trinajstić information content (AvgIpc) is 3.68. The zero-order valence-corrected chi connectivity index (χ0v) is 23.3. The summed E-state index contributed by atoms with van der Waals surface area (Å²) in [6.45, 7) is -5.24. The number of aromatic nitrogens is 7. The Morgan fingerprint density at radius 3 is 2.83 bits per heavy atom. The summed E-state index contributed by atoms with van der Waals surface area (Å²) < 4.78 is 49.6. The van der Waals surface area contributed by atoms with Crippen molar-refractivity contribution < 1.29 is 37.9 Å². The maximum Gasteiger partial charge on any atom is 0.280 e. The fourth-order valence-electron chi connectivity index (χ4n) is 5.34. The first-order valence-electron chi connectivity index (χ1n) is 12.6. The number of aromatic amines is 1. The van der Waals surface area contributed by atoms with Gasteiger partial charge in [0.1, 0.15) is 36.3 Å². The lowest BCUT2D eigenvalue weighted by Gasteiger charge is -2.29. The average molecular weight is 630 g/mol. The van der Waals surface area contributed by atoms with E-state index in [9.17, 15) is 24.3 Å². The Hall–Kier alpha value is -3.16. The van der Waals surface area contributed by atoms with Crippen LogP contribution >= 0.6 is 6.49 Å². The molecule has 226 valence electrons. The quantitative estimate of drug-likeness (QED) is 0.139. The molecular formula is C22H26F2N9O7PS. The zero-order chi connectivity index (χ0) is 30.0. The third kappa shape index (κ3) is 4.84. The molecule has 0 radical (unpaired) electrons. The second-order valence-electron chi connectivity index (χ2n) is 10.1. The minimum atomic E-state index is -4.05. The highest BCUT2D eigenvalue weighted by molar-refractivity contribution is 8.09. The molecule has 4 aromatic heterocycles. The standard InChI is InChI=1S/C22H26F2N9O7PS/c23-9-4-32(17-12(9)16(25)27-7-28-17)11-3-22(36,6-38-11)1-2-39-41(37,42)15-13(24)10(5-34)40-20(15)33-8-29-14-18(33)30-21(26)31-19(14)35/h4,7-8,10-11,13,15,20,34,36H,1-3,5-6H2,(H,37,42)(H2,25,27,28)(H3,26,30,31,35)/t10?,11-,13-,15-,20-,22-,41?/m1/s1. The van der Waals surface area contributed by atoms with Crippen molar-refractivity contribution in [2.24, 2.45) is 0 Å². The van der Waals surface area contributed by atoms with Gasteiger partial charge in [-0.05, 0) is 11.8 Å². The number of alkyl halides is 1. The largest absolute Gasteiger partial charge is 0.394 e. The van der Waals surface area contributed by atoms with E-state index in [-0.39, 0.29) is 60.0 Å². The summed E-state index contributed by atoms with van der Waals surface area (Å²) >= 11 is 5.36. The molecule has 16 nitrogen and oxygen atoms in total. The predicted octanol–water partition coefficient (Wildman–Crippen LogP) is -0.177. The Morgan fingerprint density at radius 2 is 2.07 bits per heavy atom. The van der Waals surface area contributed by atoms with Crippen molar-refractivity contribution in [1.29, 1.82) is 0 Å². The molecule has 0 saturated carbocycles. The second kappa shape index (κ2) is 10.5. The monoisotopic (exact) mass is 629 g/mol. The van der Waals surface area contributed by atoms with Gasteiger partial charge in [0.2, 0.25) is 5.95 Å². The second-order valence-corrected chi connectivity index (χ2v) is 13.7. The van der Waals surface area contributed by atoms with E-state index < -0.39 is 60.5 Å². The number of nitrogens with one attached hydrogen (secondary N) is 1. The van der Waals surface area contributed by atoms with Crippen molar-refractivity contribution in [1.82, 2.24) is 34.1 Å². The van der Waals surface area contributed by atoms with Gasteiger partial charge in [-0.25, -0.2) is 23.7 Å². The van der Waals surface area contributed by atoms with Gasteiger partial charge in [-0.15, -0.1) is 0 Å². The lowest BCUT2D eigenvalue weighted by Crippen LogP contribution is -2.33. The van der Waals surface area contributed by atoms with Gasteiger partial charge < -0.3 is 45.1 Å². The molecule has 2 saturated heterocycles. The van der Waals surface area contributed by atoms with Crippen molar-refractivity contribution >= 4 is 52.3 Å². The van der Waals surface area contributed by atoms with Gasteiger partial charge >= 0.3 is 0 Å². The van der Waals surface area contributed by atoms with Crippen LogP contribution in [-0.4, -0.2) is 92.5 Å². The number of halogens is 2. The molecule has 0 aromatic carbocycles. The summed E-state index contributed by atoms with van der Waals surface area (Å²) in [7, 11) is 0. The van der Waals surface area contributed by atoms with Crippen molar-refractivity contribution in [3.05, 3.63) is 35.0 Å². The molecule has 2 unspecified atom stereocenters. The predicted molar refractivity (Wildman–Crippen MR) is 146 cm³/mol. The number of aliphatic hydroxyl groups is 2. The third-order valence-electron chi connectivity index (χ3n) is 7.41. The molecule has 8 N–H and O–H groups in total. The zero-order valence-electron chi connectivity index (χ0n) is 21.6. The third-order valence-corrected chi connectivity index (χ3v) is 10.3. The van der Waals surface area contributed by atoms with Crippen LogP contribution in [0.15, 0.2) is 23.6 Å². The Morgan fingerprint density at radius 1 is 1.29 bits per heavy atom. The van der Waals surface area contributed by atoms with E-state index in [0.29, 0.717) is 0 Å². The molecule has 0 bridgehead atoms. The minimum Gasteiger partial charge on any atom is -0.394 e. The van der Waals surface area contributed by atoms with Crippen LogP contribution in [0, 0.1) is 5.82 Å². The Kier molecular flexibility index (Phi) is 7.25. The topological polar surface area (TPSA) is 235 Å². The van der Waals surface area contributed by atoms with Gasteiger partial charge in [0.05, 0.1) is 37.1 Å². The van der Waals surface area contributed by atoms with E-state index in [0.717, 1.165) is 12.5 Å². The summed E-state index contributed by atoms with van der Waals surface area (Å²) in [5.41, 5.74) is 7.86. The summed E-state index contributed by atoms with van der Waals surface area (Å²) in [6.07, 6.45) is -2.03. The number of nitrogens with two attached hydrogens (primary N) is 2. The maximum absolute atomic E-state index is 15.5. The van der Waals surface area contributed by atoms with Crippen molar-refractivity contribution in [3.8, 4) is 0 Å². The molecule has 2 aliphatic rings. The highest BCUT2D eigenvalue weighted by Gasteiger charge is 2.54. The summed E-state index contributed by atoms with van der Waals surface area (Å²) in [5.74, 6) is -0.907. The molecule has 2 aliphatic heterocycles. The van der Waals surface area contributed by atoms with Crippen molar-refractivity contribution in [2.75, 3.05) is 31.3 Å². The Bertz CT molecular complexity index is 1770. The number of rotatable bonds is 8. The number of nitrogen functional groups attached to an aromatic ring is 2. The van der Waals surface area contributed by atoms with Crippen molar-refractivity contribution in [2.45, 2.75) is 48.8 Å².